The number of carbonyl (C=O) groups is 1. The molecule has 1 saturated heterocycles. The number of nitrogens with one attached hydrogen (secondary N) is 2. The highest BCUT2D eigenvalue weighted by Gasteiger charge is 2.22. The van der Waals surface area contributed by atoms with E-state index < -0.39 is 0 Å². The smallest absolute Gasteiger partial charge is 0.220 e. The molecule has 1 aliphatic carbocycles. The van der Waals surface area contributed by atoms with Crippen LogP contribution in [-0.4, -0.2) is 25.0 Å². The normalized spacial score (nSPS) is 25.8. The van der Waals surface area contributed by atoms with Crippen LogP contribution in [0, 0.1) is 5.92 Å². The highest BCUT2D eigenvalue weighted by molar-refractivity contribution is 5.76. The molecule has 0 spiro atoms. The van der Waals surface area contributed by atoms with Crippen molar-refractivity contribution in [3.05, 3.63) is 35.4 Å². The standard InChI is InChI=1S/C17H24N2O/c20-17(19-16-6-3-9-18-12-16)11-13-7-8-14-4-1-2-5-15(14)10-13/h1-2,4-5,13,16,18H,3,6-12H2,(H,19,20). The summed E-state index contributed by atoms with van der Waals surface area (Å²) in [7, 11) is 0. The predicted octanol–water partition coefficient (Wildman–Crippen LogP) is 2.05. The van der Waals surface area contributed by atoms with Crippen LogP contribution in [0.3, 0.4) is 0 Å². The van der Waals surface area contributed by atoms with E-state index in [1.807, 2.05) is 0 Å². The molecule has 2 atom stereocenters. The van der Waals surface area contributed by atoms with E-state index in [-0.39, 0.29) is 5.91 Å². The maximum Gasteiger partial charge on any atom is 0.220 e. The number of carbonyl (C=O) groups excluding carboxylic acids is 1. The van der Waals surface area contributed by atoms with E-state index in [0.717, 1.165) is 38.8 Å². The van der Waals surface area contributed by atoms with Gasteiger partial charge in [0.05, 0.1) is 0 Å². The second-order valence-corrected chi connectivity index (χ2v) is 6.19. The van der Waals surface area contributed by atoms with Crippen molar-refractivity contribution in [2.75, 3.05) is 13.1 Å². The number of piperidine rings is 1. The third-order valence-electron chi connectivity index (χ3n) is 4.58. The highest BCUT2D eigenvalue weighted by Crippen LogP contribution is 2.27. The van der Waals surface area contributed by atoms with Crippen molar-refractivity contribution in [2.24, 2.45) is 5.92 Å². The molecule has 3 rings (SSSR count). The van der Waals surface area contributed by atoms with Gasteiger partial charge in [-0.3, -0.25) is 4.79 Å². The quantitative estimate of drug-likeness (QED) is 0.884. The van der Waals surface area contributed by atoms with Gasteiger partial charge in [0.25, 0.3) is 0 Å². The maximum atomic E-state index is 12.2. The number of hydrogen-bond acceptors (Lipinski definition) is 2. The molecule has 2 aliphatic rings. The average Bonchev–Trinajstić information content (AvgIpc) is 2.48. The van der Waals surface area contributed by atoms with Crippen molar-refractivity contribution < 1.29 is 4.79 Å². The first-order valence-corrected chi connectivity index (χ1v) is 7.88. The van der Waals surface area contributed by atoms with Crippen molar-refractivity contribution in [3.63, 3.8) is 0 Å². The summed E-state index contributed by atoms with van der Waals surface area (Å²) in [6.07, 6.45) is 6.30. The van der Waals surface area contributed by atoms with Gasteiger partial charge in [0.15, 0.2) is 0 Å². The van der Waals surface area contributed by atoms with E-state index >= 15 is 0 Å². The molecule has 1 heterocycles. The van der Waals surface area contributed by atoms with Crippen LogP contribution in [0.2, 0.25) is 0 Å². The van der Waals surface area contributed by atoms with Gasteiger partial charge in [0, 0.05) is 19.0 Å². The zero-order valence-electron chi connectivity index (χ0n) is 12.0. The summed E-state index contributed by atoms with van der Waals surface area (Å²) >= 11 is 0. The summed E-state index contributed by atoms with van der Waals surface area (Å²) in [5, 5.41) is 6.53. The number of amides is 1. The largest absolute Gasteiger partial charge is 0.352 e. The van der Waals surface area contributed by atoms with Gasteiger partial charge >= 0.3 is 0 Å². The van der Waals surface area contributed by atoms with Gasteiger partial charge in [-0.05, 0) is 55.7 Å². The van der Waals surface area contributed by atoms with Crippen LogP contribution in [-0.2, 0) is 17.6 Å². The third-order valence-corrected chi connectivity index (χ3v) is 4.58. The Labute approximate surface area is 121 Å². The fourth-order valence-electron chi connectivity index (χ4n) is 3.47. The van der Waals surface area contributed by atoms with Crippen LogP contribution in [0.5, 0.6) is 0 Å². The number of fused-ring (bicyclic) bond motifs is 1. The molecule has 3 heteroatoms. The second kappa shape index (κ2) is 6.40. The van der Waals surface area contributed by atoms with Gasteiger partial charge in [0.2, 0.25) is 5.91 Å². The maximum absolute atomic E-state index is 12.2. The van der Waals surface area contributed by atoms with Crippen LogP contribution in [0.4, 0.5) is 0 Å². The second-order valence-electron chi connectivity index (χ2n) is 6.19. The fraction of sp³-hybridized carbons (Fsp3) is 0.588. The van der Waals surface area contributed by atoms with Gasteiger partial charge < -0.3 is 10.6 Å². The van der Waals surface area contributed by atoms with Gasteiger partial charge in [-0.1, -0.05) is 24.3 Å². The molecule has 1 aliphatic heterocycles. The number of rotatable bonds is 3. The molecule has 0 bridgehead atoms. The van der Waals surface area contributed by atoms with Crippen molar-refractivity contribution in [2.45, 2.75) is 44.6 Å². The van der Waals surface area contributed by atoms with E-state index in [1.165, 1.54) is 17.5 Å². The van der Waals surface area contributed by atoms with Crippen LogP contribution in [0.15, 0.2) is 24.3 Å². The van der Waals surface area contributed by atoms with E-state index in [4.69, 9.17) is 0 Å². The van der Waals surface area contributed by atoms with Gasteiger partial charge in [-0.25, -0.2) is 0 Å². The van der Waals surface area contributed by atoms with Gasteiger partial charge in [0.1, 0.15) is 0 Å². The predicted molar refractivity (Wildman–Crippen MR) is 80.6 cm³/mol. The van der Waals surface area contributed by atoms with Crippen molar-refractivity contribution in [1.82, 2.24) is 10.6 Å². The minimum Gasteiger partial charge on any atom is -0.352 e. The Morgan fingerprint density at radius 2 is 2.10 bits per heavy atom. The van der Waals surface area contributed by atoms with Crippen LogP contribution in [0.25, 0.3) is 0 Å². The minimum atomic E-state index is 0.239. The topological polar surface area (TPSA) is 41.1 Å². The lowest BCUT2D eigenvalue weighted by atomic mass is 9.82. The first-order valence-electron chi connectivity index (χ1n) is 7.88. The van der Waals surface area contributed by atoms with Crippen molar-refractivity contribution in [3.8, 4) is 0 Å². The third kappa shape index (κ3) is 3.40. The summed E-state index contributed by atoms with van der Waals surface area (Å²) in [6.45, 7) is 2.02. The highest BCUT2D eigenvalue weighted by atomic mass is 16.1. The lowest BCUT2D eigenvalue weighted by Gasteiger charge is -2.27. The van der Waals surface area contributed by atoms with E-state index in [0.29, 0.717) is 18.4 Å². The molecule has 1 fully saturated rings. The summed E-state index contributed by atoms with van der Waals surface area (Å²) in [6, 6.07) is 8.99. The van der Waals surface area contributed by atoms with Crippen LogP contribution < -0.4 is 10.6 Å². The lowest BCUT2D eigenvalue weighted by Crippen LogP contribution is -2.46. The van der Waals surface area contributed by atoms with E-state index in [9.17, 15) is 4.79 Å². The molecule has 20 heavy (non-hydrogen) atoms. The molecule has 0 saturated carbocycles. The molecule has 1 aromatic rings. The Hall–Kier alpha value is -1.35. The van der Waals surface area contributed by atoms with Gasteiger partial charge in [-0.15, -0.1) is 0 Å². The van der Waals surface area contributed by atoms with E-state index in [1.54, 1.807) is 0 Å². The Balaban J connectivity index is 1.50. The molecule has 2 unspecified atom stereocenters. The van der Waals surface area contributed by atoms with E-state index in [2.05, 4.69) is 34.9 Å². The number of hydrogen-bond donors (Lipinski definition) is 2. The van der Waals surface area contributed by atoms with Crippen LogP contribution >= 0.6 is 0 Å². The zero-order valence-corrected chi connectivity index (χ0v) is 12.0. The fourth-order valence-corrected chi connectivity index (χ4v) is 3.47. The SMILES string of the molecule is O=C(CC1CCc2ccccc2C1)NC1CCCNC1. The summed E-state index contributed by atoms with van der Waals surface area (Å²) < 4.78 is 0. The number of benzene rings is 1. The summed E-state index contributed by atoms with van der Waals surface area (Å²) in [5.74, 6) is 0.754. The Bertz CT molecular complexity index is 466. The Morgan fingerprint density at radius 3 is 2.90 bits per heavy atom. The minimum absolute atomic E-state index is 0.239. The van der Waals surface area contributed by atoms with Gasteiger partial charge in [-0.2, -0.15) is 0 Å². The Morgan fingerprint density at radius 1 is 1.25 bits per heavy atom. The van der Waals surface area contributed by atoms with Crippen molar-refractivity contribution in [1.29, 1.82) is 0 Å². The summed E-state index contributed by atoms with van der Waals surface area (Å²) in [4.78, 5) is 12.2. The molecule has 3 nitrogen and oxygen atoms in total. The molecule has 2 N–H and O–H groups in total. The molecule has 0 radical (unpaired) electrons. The molecule has 108 valence electrons. The van der Waals surface area contributed by atoms with Crippen molar-refractivity contribution >= 4 is 5.91 Å². The summed E-state index contributed by atoms with van der Waals surface area (Å²) in [5.41, 5.74) is 2.91. The lowest BCUT2D eigenvalue weighted by molar-refractivity contribution is -0.122. The molecule has 1 aromatic carbocycles. The average molecular weight is 272 g/mol. The monoisotopic (exact) mass is 272 g/mol. The molecular weight excluding hydrogens is 248 g/mol. The first kappa shape index (κ1) is 13.6. The first-order chi connectivity index (χ1) is 9.81. The zero-order chi connectivity index (χ0) is 13.8. The Kier molecular flexibility index (Phi) is 4.36. The number of aryl methyl sites for hydroxylation is 1. The molecule has 1 amide bonds. The molecule has 0 aromatic heterocycles. The van der Waals surface area contributed by atoms with Crippen LogP contribution in [0.1, 0.15) is 36.8 Å². The molecular formula is C17H24N2O.